The number of hydrogen-bond donors (Lipinski definition) is 4. The van der Waals surface area contributed by atoms with Crippen molar-refractivity contribution in [2.24, 2.45) is 27.9 Å². The number of nitrogens with two attached hydrogens (primary N) is 1. The Kier molecular flexibility index (Phi) is 11.3. The van der Waals surface area contributed by atoms with E-state index in [1.807, 2.05) is 26.0 Å². The lowest BCUT2D eigenvalue weighted by Gasteiger charge is -2.57. The minimum Gasteiger partial charge on any atom is -0.368 e. The first-order chi connectivity index (χ1) is 23.0. The summed E-state index contributed by atoms with van der Waals surface area (Å²) in [5.41, 5.74) is 5.88. The van der Waals surface area contributed by atoms with Crippen LogP contribution in [0.3, 0.4) is 0 Å². The maximum absolute atomic E-state index is 13.2. The summed E-state index contributed by atoms with van der Waals surface area (Å²) >= 11 is 0. The largest absolute Gasteiger partial charge is 0.368 e. The molecule has 3 aliphatic heterocycles. The molecule has 1 aliphatic carbocycles. The van der Waals surface area contributed by atoms with Crippen LogP contribution in [0.15, 0.2) is 18.3 Å². The highest BCUT2D eigenvalue weighted by Gasteiger charge is 2.53. The number of anilines is 1. The van der Waals surface area contributed by atoms with Crippen molar-refractivity contribution in [3.8, 4) is 0 Å². The molecule has 4 aliphatic rings. The molecule has 4 heterocycles. The van der Waals surface area contributed by atoms with Gasteiger partial charge in [-0.3, -0.25) is 29.0 Å². The smallest absolute Gasteiger partial charge is 0.253 e. The van der Waals surface area contributed by atoms with Crippen LogP contribution in [0, 0.1) is 22.2 Å². The molecule has 1 aromatic heterocycles. The Morgan fingerprint density at radius 2 is 1.55 bits per heavy atom. The molecular weight excluding hydrogens is 620 g/mol. The average molecular weight is 681 g/mol. The van der Waals surface area contributed by atoms with E-state index in [1.165, 1.54) is 0 Å². The van der Waals surface area contributed by atoms with Crippen molar-refractivity contribution in [1.82, 2.24) is 30.7 Å². The van der Waals surface area contributed by atoms with Gasteiger partial charge >= 0.3 is 0 Å². The molecule has 12 nitrogen and oxygen atoms in total. The number of piperazine rings is 1. The second-order valence-electron chi connectivity index (χ2n) is 17.2. The molecule has 0 radical (unpaired) electrons. The van der Waals surface area contributed by atoms with Gasteiger partial charge in [-0.25, -0.2) is 4.98 Å². The molecule has 0 aromatic carbocycles. The van der Waals surface area contributed by atoms with Gasteiger partial charge in [0.1, 0.15) is 17.9 Å². The van der Waals surface area contributed by atoms with Gasteiger partial charge in [-0.2, -0.15) is 0 Å². The zero-order chi connectivity index (χ0) is 35.6. The number of pyridine rings is 1. The summed E-state index contributed by atoms with van der Waals surface area (Å²) in [6.45, 7) is 19.6. The van der Waals surface area contributed by atoms with Crippen LogP contribution < -0.4 is 26.6 Å². The number of carbonyl (C=O) groups is 4. The molecule has 0 unspecified atom stereocenters. The number of nitrogens with zero attached hydrogens (tertiary/aromatic N) is 4. The predicted molar refractivity (Wildman–Crippen MR) is 191 cm³/mol. The van der Waals surface area contributed by atoms with E-state index in [1.54, 1.807) is 6.20 Å². The quantitative estimate of drug-likeness (QED) is 0.311. The number of carbonyl (C=O) groups excluding carboxylic acids is 4. The molecule has 3 saturated heterocycles. The number of aromatic nitrogens is 1. The normalized spacial score (nSPS) is 26.7. The Balaban J connectivity index is 1.02. The van der Waals surface area contributed by atoms with Crippen molar-refractivity contribution in [3.05, 3.63) is 23.9 Å². The van der Waals surface area contributed by atoms with Crippen molar-refractivity contribution in [2.75, 3.05) is 57.3 Å². The Morgan fingerprint density at radius 3 is 2.14 bits per heavy atom. The second kappa shape index (κ2) is 14.9. The van der Waals surface area contributed by atoms with Gasteiger partial charge in [0.2, 0.25) is 17.7 Å². The molecule has 5 rings (SSSR count). The van der Waals surface area contributed by atoms with Crippen molar-refractivity contribution in [2.45, 2.75) is 105 Å². The van der Waals surface area contributed by atoms with Crippen molar-refractivity contribution >= 4 is 29.4 Å². The fourth-order valence-electron chi connectivity index (χ4n) is 9.11. The van der Waals surface area contributed by atoms with Crippen LogP contribution in [0.1, 0.15) is 96.8 Å². The van der Waals surface area contributed by atoms with E-state index in [4.69, 9.17) is 5.73 Å². The zero-order valence-electron chi connectivity index (χ0n) is 30.6. The van der Waals surface area contributed by atoms with E-state index in [0.717, 1.165) is 90.2 Å². The molecule has 1 saturated carbocycles. The maximum Gasteiger partial charge on any atom is 0.253 e. The summed E-state index contributed by atoms with van der Waals surface area (Å²) in [7, 11) is 0. The molecule has 1 aromatic rings. The van der Waals surface area contributed by atoms with E-state index < -0.39 is 23.4 Å². The van der Waals surface area contributed by atoms with Crippen molar-refractivity contribution < 1.29 is 19.2 Å². The Hall–Kier alpha value is -3.25. The first-order valence-corrected chi connectivity index (χ1v) is 18.4. The summed E-state index contributed by atoms with van der Waals surface area (Å²) in [6.07, 6.45) is 7.82. The predicted octanol–water partition coefficient (Wildman–Crippen LogP) is 2.53. The van der Waals surface area contributed by atoms with Gasteiger partial charge in [0.15, 0.2) is 0 Å². The van der Waals surface area contributed by atoms with Gasteiger partial charge in [0.05, 0.1) is 12.1 Å². The minimum atomic E-state index is -0.721. The molecule has 4 amide bonds. The standard InChI is InChI=1S/C37H60N8O4/c1-35(2)14-8-7-9-27(31(38)47)40-33(49)30(35)41-29(46)23-43-15-12-25(13-16-43)22-44-17-19-45(20-18-44)28-11-10-26(21-39-28)32(48)42-34-36(3,4)24-37(34,5)6/h10-11,21,25,27,30,34H,7-9,12-20,22-24H2,1-6H3,(H2,38,47)(H,40,49)(H,41,46)(H,42,48)/t27-,30+/m0/s1. The average Bonchev–Trinajstić information content (AvgIpc) is 3.09. The van der Waals surface area contributed by atoms with Gasteiger partial charge < -0.3 is 26.6 Å². The lowest BCUT2D eigenvalue weighted by atomic mass is 9.52. The highest BCUT2D eigenvalue weighted by atomic mass is 16.2. The Morgan fingerprint density at radius 1 is 0.878 bits per heavy atom. The Bertz CT molecular complexity index is 1330. The lowest BCUT2D eigenvalue weighted by Crippen LogP contribution is -2.63. The maximum atomic E-state index is 13.2. The highest BCUT2D eigenvalue weighted by Crippen LogP contribution is 2.53. The first kappa shape index (κ1) is 37.0. The number of nitrogens with one attached hydrogen (secondary N) is 3. The fourth-order valence-corrected chi connectivity index (χ4v) is 9.11. The lowest BCUT2D eigenvalue weighted by molar-refractivity contribution is -0.134. The molecule has 2 atom stereocenters. The molecule has 5 N–H and O–H groups in total. The molecule has 0 spiro atoms. The topological polar surface area (TPSA) is 153 Å². The summed E-state index contributed by atoms with van der Waals surface area (Å²) < 4.78 is 0. The van der Waals surface area contributed by atoms with Gasteiger partial charge in [-0.15, -0.1) is 0 Å². The number of hydrogen-bond acceptors (Lipinski definition) is 8. The van der Waals surface area contributed by atoms with Crippen LogP contribution in [0.5, 0.6) is 0 Å². The van der Waals surface area contributed by atoms with Gasteiger partial charge in [-0.1, -0.05) is 54.4 Å². The van der Waals surface area contributed by atoms with Crippen LogP contribution in [0.4, 0.5) is 5.82 Å². The molecular formula is C37H60N8O4. The molecule has 12 heteroatoms. The number of piperidine rings is 1. The number of likely N-dealkylation sites (tertiary alicyclic amines) is 1. The first-order valence-electron chi connectivity index (χ1n) is 18.4. The van der Waals surface area contributed by atoms with Gasteiger partial charge in [0.25, 0.3) is 5.91 Å². The summed E-state index contributed by atoms with van der Waals surface area (Å²) in [5, 5.41) is 9.03. The van der Waals surface area contributed by atoms with E-state index in [2.05, 4.69) is 63.3 Å². The molecule has 4 fully saturated rings. The van der Waals surface area contributed by atoms with Crippen molar-refractivity contribution in [1.29, 1.82) is 0 Å². The summed E-state index contributed by atoms with van der Waals surface area (Å²) in [6, 6.07) is 2.58. The summed E-state index contributed by atoms with van der Waals surface area (Å²) in [5.74, 6) is 0.405. The van der Waals surface area contributed by atoms with Gasteiger partial charge in [0, 0.05) is 45.0 Å². The van der Waals surface area contributed by atoms with Gasteiger partial charge in [-0.05, 0) is 79.5 Å². The third kappa shape index (κ3) is 9.11. The van der Waals surface area contributed by atoms with Crippen LogP contribution in [-0.2, 0) is 14.4 Å². The van der Waals surface area contributed by atoms with Crippen LogP contribution in [-0.4, -0.2) is 109 Å². The molecule has 272 valence electrons. The van der Waals surface area contributed by atoms with Crippen molar-refractivity contribution in [3.63, 3.8) is 0 Å². The third-order valence-electron chi connectivity index (χ3n) is 11.6. The van der Waals surface area contributed by atoms with E-state index in [-0.39, 0.29) is 41.1 Å². The van der Waals surface area contributed by atoms with E-state index in [9.17, 15) is 19.2 Å². The molecule has 49 heavy (non-hydrogen) atoms. The highest BCUT2D eigenvalue weighted by molar-refractivity contribution is 5.94. The van der Waals surface area contributed by atoms with Crippen LogP contribution in [0.2, 0.25) is 0 Å². The zero-order valence-corrected chi connectivity index (χ0v) is 30.6. The van der Waals surface area contributed by atoms with Crippen LogP contribution >= 0.6 is 0 Å². The molecule has 0 bridgehead atoms. The van der Waals surface area contributed by atoms with Crippen LogP contribution in [0.25, 0.3) is 0 Å². The second-order valence-corrected chi connectivity index (χ2v) is 17.2. The van der Waals surface area contributed by atoms with E-state index in [0.29, 0.717) is 17.9 Å². The monoisotopic (exact) mass is 680 g/mol. The summed E-state index contributed by atoms with van der Waals surface area (Å²) in [4.78, 5) is 62.8. The number of amides is 4. The Labute approximate surface area is 292 Å². The third-order valence-corrected chi connectivity index (χ3v) is 11.6. The fraction of sp³-hybridized carbons (Fsp3) is 0.757. The minimum absolute atomic E-state index is 0.0529. The number of primary amides is 1. The van der Waals surface area contributed by atoms with E-state index >= 15 is 0 Å². The SMILES string of the molecule is CC1(C)CC(C)(C)C1NC(=O)c1ccc(N2CCN(CC3CCN(CC(=O)N[C@@H]4C(=O)N[C@H](C(N)=O)CCCCC4(C)C)CC3)CC2)nc1. The number of rotatable bonds is 9.